The van der Waals surface area contributed by atoms with Crippen molar-refractivity contribution in [2.24, 2.45) is 4.99 Å². The van der Waals surface area contributed by atoms with Gasteiger partial charge in [0.25, 0.3) is 5.91 Å². The first-order valence-electron chi connectivity index (χ1n) is 9.88. The lowest BCUT2D eigenvalue weighted by Gasteiger charge is -2.15. The number of aromatic nitrogens is 1. The molecule has 0 aliphatic rings. The van der Waals surface area contributed by atoms with E-state index in [0.29, 0.717) is 36.7 Å². The van der Waals surface area contributed by atoms with Crippen molar-refractivity contribution in [3.63, 3.8) is 0 Å². The van der Waals surface area contributed by atoms with Crippen LogP contribution in [0.15, 0.2) is 60.4 Å². The number of hydrogen-bond donors (Lipinski definition) is 2. The molecule has 8 heteroatoms. The summed E-state index contributed by atoms with van der Waals surface area (Å²) >= 11 is 0. The first kappa shape index (κ1) is 23.6. The molecule has 1 amide bonds. The van der Waals surface area contributed by atoms with Gasteiger partial charge in [0, 0.05) is 25.4 Å². The summed E-state index contributed by atoms with van der Waals surface area (Å²) in [6, 6.07) is 8.85. The van der Waals surface area contributed by atoms with Gasteiger partial charge in [0.1, 0.15) is 12.2 Å². The zero-order valence-corrected chi connectivity index (χ0v) is 18.1. The van der Waals surface area contributed by atoms with Gasteiger partial charge in [-0.1, -0.05) is 32.2 Å². The van der Waals surface area contributed by atoms with E-state index in [2.05, 4.69) is 33.9 Å². The van der Waals surface area contributed by atoms with Gasteiger partial charge >= 0.3 is 0 Å². The van der Waals surface area contributed by atoms with Crippen molar-refractivity contribution in [3.05, 3.63) is 78.0 Å². The van der Waals surface area contributed by atoms with Crippen LogP contribution in [0.3, 0.4) is 0 Å². The predicted octanol–water partition coefficient (Wildman–Crippen LogP) is 3.66. The molecule has 0 spiro atoms. The monoisotopic (exact) mass is 425 g/mol. The highest BCUT2D eigenvalue weighted by atomic mass is 19.1. The maximum Gasteiger partial charge on any atom is 0.261 e. The van der Waals surface area contributed by atoms with Gasteiger partial charge < -0.3 is 10.1 Å². The minimum absolute atomic E-state index is 0.140. The van der Waals surface area contributed by atoms with E-state index in [9.17, 15) is 4.79 Å². The predicted molar refractivity (Wildman–Crippen MR) is 120 cm³/mol. The lowest BCUT2D eigenvalue weighted by Crippen LogP contribution is -2.37. The molecular formula is C23H28FN5O2. The summed E-state index contributed by atoms with van der Waals surface area (Å²) in [6.45, 7) is 11.4. The number of benzene rings is 1. The molecule has 2 rings (SSSR count). The summed E-state index contributed by atoms with van der Waals surface area (Å²) in [6.07, 6.45) is 3.68. The van der Waals surface area contributed by atoms with Crippen LogP contribution < -0.4 is 15.5 Å². The zero-order valence-electron chi connectivity index (χ0n) is 18.1. The molecule has 0 unspecified atom stereocenters. The second-order valence-corrected chi connectivity index (χ2v) is 6.75. The van der Waals surface area contributed by atoms with Crippen LogP contribution in [-0.4, -0.2) is 35.8 Å². The van der Waals surface area contributed by atoms with Crippen molar-refractivity contribution >= 4 is 12.2 Å². The third-order valence-corrected chi connectivity index (χ3v) is 4.33. The second kappa shape index (κ2) is 11.5. The van der Waals surface area contributed by atoms with Crippen molar-refractivity contribution < 1.29 is 13.9 Å². The zero-order chi connectivity index (χ0) is 22.8. The molecule has 1 aromatic carbocycles. The number of ether oxygens (including phenoxy) is 1. The molecule has 0 aliphatic heterocycles. The van der Waals surface area contributed by atoms with Gasteiger partial charge in [0.05, 0.1) is 0 Å². The number of halogens is 1. The standard InChI is InChI=1S/C23H28FN5O2/c1-6-18-11-12-20(31-22-10-8-9-16(3)27-22)23(24)19(18)13-14-25-17(4)26-15-29(5)28-21(30)7-2/h7-12,15,25H,2,4,6,13-14H2,1,3,5H3,(H,28,30)/b26-15-. The minimum atomic E-state index is -0.398. The Hall–Kier alpha value is -3.68. The van der Waals surface area contributed by atoms with Crippen LogP contribution in [-0.2, 0) is 17.6 Å². The van der Waals surface area contributed by atoms with E-state index in [4.69, 9.17) is 4.74 Å². The number of nitrogens with zero attached hydrogens (tertiary/aromatic N) is 3. The topological polar surface area (TPSA) is 78.9 Å². The van der Waals surface area contributed by atoms with E-state index in [0.717, 1.165) is 17.3 Å². The maximum atomic E-state index is 15.2. The number of rotatable bonds is 11. The van der Waals surface area contributed by atoms with Crippen LogP contribution in [0.2, 0.25) is 0 Å². The van der Waals surface area contributed by atoms with Gasteiger partial charge in [-0.25, -0.2) is 14.4 Å². The normalized spacial score (nSPS) is 10.6. The smallest absolute Gasteiger partial charge is 0.261 e. The summed E-state index contributed by atoms with van der Waals surface area (Å²) < 4.78 is 20.8. The average Bonchev–Trinajstić information content (AvgIpc) is 2.74. The third-order valence-electron chi connectivity index (χ3n) is 4.33. The molecule has 0 radical (unpaired) electrons. The van der Waals surface area contributed by atoms with Crippen molar-refractivity contribution in [3.8, 4) is 11.6 Å². The van der Waals surface area contributed by atoms with Crippen LogP contribution in [0.5, 0.6) is 11.6 Å². The summed E-state index contributed by atoms with van der Waals surface area (Å²) in [7, 11) is 1.62. The van der Waals surface area contributed by atoms with Crippen LogP contribution in [0.1, 0.15) is 23.7 Å². The number of hydrazine groups is 1. The van der Waals surface area contributed by atoms with Crippen LogP contribution in [0, 0.1) is 12.7 Å². The number of aryl methyl sites for hydroxylation is 2. The summed E-state index contributed by atoms with van der Waals surface area (Å²) in [5.41, 5.74) is 4.78. The van der Waals surface area contributed by atoms with E-state index >= 15 is 4.39 Å². The van der Waals surface area contributed by atoms with E-state index < -0.39 is 5.82 Å². The second-order valence-electron chi connectivity index (χ2n) is 6.75. The van der Waals surface area contributed by atoms with Gasteiger partial charge in [-0.3, -0.25) is 15.2 Å². The van der Waals surface area contributed by atoms with Crippen LogP contribution in [0.25, 0.3) is 0 Å². The molecule has 0 aliphatic carbocycles. The average molecular weight is 426 g/mol. The molecule has 0 fully saturated rings. The quantitative estimate of drug-likeness (QED) is 0.249. The summed E-state index contributed by atoms with van der Waals surface area (Å²) in [4.78, 5) is 19.6. The van der Waals surface area contributed by atoms with Gasteiger partial charge in [0.15, 0.2) is 11.6 Å². The fraction of sp³-hybridized carbons (Fsp3) is 0.261. The lowest BCUT2D eigenvalue weighted by molar-refractivity contribution is -0.119. The molecule has 0 saturated carbocycles. The Balaban J connectivity index is 2.01. The highest BCUT2D eigenvalue weighted by Gasteiger charge is 2.15. The largest absolute Gasteiger partial charge is 0.436 e. The molecule has 7 nitrogen and oxygen atoms in total. The van der Waals surface area contributed by atoms with Gasteiger partial charge in [-0.05, 0) is 49.1 Å². The van der Waals surface area contributed by atoms with Crippen molar-refractivity contribution in [1.29, 1.82) is 0 Å². The van der Waals surface area contributed by atoms with E-state index in [1.165, 1.54) is 11.3 Å². The molecule has 0 bridgehead atoms. The Morgan fingerprint density at radius 3 is 2.81 bits per heavy atom. The van der Waals surface area contributed by atoms with E-state index in [-0.39, 0.29) is 11.7 Å². The minimum Gasteiger partial charge on any atom is -0.436 e. The SMILES string of the molecule is C=CC(=O)NN(C)/C=N\C(=C)NCCc1c(CC)ccc(Oc2cccc(C)n2)c1F. The van der Waals surface area contributed by atoms with Gasteiger partial charge in [-0.2, -0.15) is 0 Å². The molecule has 0 saturated heterocycles. The molecule has 2 N–H and O–H groups in total. The number of amides is 1. The molecular weight excluding hydrogens is 397 g/mol. The highest BCUT2D eigenvalue weighted by Crippen LogP contribution is 2.28. The fourth-order valence-corrected chi connectivity index (χ4v) is 2.79. The van der Waals surface area contributed by atoms with Crippen LogP contribution >= 0.6 is 0 Å². The summed E-state index contributed by atoms with van der Waals surface area (Å²) in [5, 5.41) is 4.42. The molecule has 0 atom stereocenters. The number of hydrogen-bond acceptors (Lipinski definition) is 5. The molecule has 164 valence electrons. The first-order valence-corrected chi connectivity index (χ1v) is 9.88. The Morgan fingerprint density at radius 2 is 2.13 bits per heavy atom. The van der Waals surface area contributed by atoms with Crippen molar-refractivity contribution in [2.75, 3.05) is 13.6 Å². The lowest BCUT2D eigenvalue weighted by atomic mass is 10.0. The first-order chi connectivity index (χ1) is 14.8. The number of carbonyl (C=O) groups excluding carboxylic acids is 1. The summed E-state index contributed by atoms with van der Waals surface area (Å²) in [5.74, 6) is 0.127. The number of nitrogens with one attached hydrogen (secondary N) is 2. The Kier molecular flexibility index (Phi) is 8.75. The molecule has 31 heavy (non-hydrogen) atoms. The van der Waals surface area contributed by atoms with Crippen molar-refractivity contribution in [2.45, 2.75) is 26.7 Å². The highest BCUT2D eigenvalue weighted by molar-refractivity contribution is 5.87. The Labute approximate surface area is 182 Å². The number of carbonyl (C=O) groups is 1. The van der Waals surface area contributed by atoms with E-state index in [1.807, 2.05) is 32.0 Å². The van der Waals surface area contributed by atoms with Gasteiger partial charge in [-0.15, -0.1) is 0 Å². The number of aliphatic imine (C=N–C) groups is 1. The van der Waals surface area contributed by atoms with Crippen molar-refractivity contribution in [1.82, 2.24) is 20.7 Å². The van der Waals surface area contributed by atoms with Crippen LogP contribution in [0.4, 0.5) is 4.39 Å². The molecule has 2 aromatic rings. The molecule has 1 heterocycles. The molecule has 1 aromatic heterocycles. The Bertz CT molecular complexity index is 974. The van der Waals surface area contributed by atoms with Gasteiger partial charge in [0.2, 0.25) is 5.88 Å². The maximum absolute atomic E-state index is 15.2. The van der Waals surface area contributed by atoms with E-state index in [1.54, 1.807) is 19.2 Å². The number of pyridine rings is 1. The third kappa shape index (κ3) is 7.26. The fourth-order valence-electron chi connectivity index (χ4n) is 2.79. The Morgan fingerprint density at radius 1 is 1.35 bits per heavy atom.